The molecule has 2 aromatic carbocycles. The molecule has 39 heavy (non-hydrogen) atoms. The smallest absolute Gasteiger partial charge is 0.261 e. The largest absolute Gasteiger partial charge is 0.407 e. The molecule has 1 aliphatic heterocycles. The van der Waals surface area contributed by atoms with Crippen LogP contribution in [0.3, 0.4) is 0 Å². The van der Waals surface area contributed by atoms with Crippen LogP contribution in [-0.2, 0) is 23.4 Å². The molecule has 6 heteroatoms. The lowest BCUT2D eigenvalue weighted by Crippen LogP contribution is -2.80. The number of methoxy groups -OCH3 is 1. The minimum atomic E-state index is -2.69. The third-order valence-corrected chi connectivity index (χ3v) is 15.8. The zero-order chi connectivity index (χ0) is 27.6. The third kappa shape index (κ3) is 3.68. The van der Waals surface area contributed by atoms with Crippen LogP contribution in [0.4, 0.5) is 0 Å². The van der Waals surface area contributed by atoms with Gasteiger partial charge in [-0.25, -0.2) is 0 Å². The predicted molar refractivity (Wildman–Crippen MR) is 156 cm³/mol. The van der Waals surface area contributed by atoms with Gasteiger partial charge in [-0.2, -0.15) is 0 Å². The molecule has 5 nitrogen and oxygen atoms in total. The van der Waals surface area contributed by atoms with Crippen LogP contribution in [0.5, 0.6) is 0 Å². The second-order valence-electron chi connectivity index (χ2n) is 13.9. The highest BCUT2D eigenvalue weighted by Gasteiger charge is 2.89. The molecule has 1 saturated heterocycles. The number of benzene rings is 2. The van der Waals surface area contributed by atoms with Gasteiger partial charge in [-0.1, -0.05) is 94.3 Å². The van der Waals surface area contributed by atoms with Gasteiger partial charge in [0.15, 0.2) is 5.79 Å². The molecule has 2 spiro atoms. The molecule has 5 fully saturated rings. The fourth-order valence-corrected chi connectivity index (χ4v) is 14.0. The second kappa shape index (κ2) is 9.50. The maximum absolute atomic E-state index is 7.70. The minimum Gasteiger partial charge on any atom is -0.407 e. The SMILES string of the molecule is COCO[C@H]1C[C@]23COC(C)(C)O[C@H]2[C@]12CCCC[C@@]32CO[Si](c1ccccc1)(c1ccccc1)C(C)(C)C. The summed E-state index contributed by atoms with van der Waals surface area (Å²) in [5.41, 5.74) is -0.242. The Hall–Kier alpha value is -1.54. The molecule has 0 amide bonds. The van der Waals surface area contributed by atoms with Crippen LogP contribution in [0.1, 0.15) is 66.7 Å². The first-order chi connectivity index (χ1) is 18.6. The minimum absolute atomic E-state index is 0.0507. The van der Waals surface area contributed by atoms with Crippen LogP contribution in [0.25, 0.3) is 0 Å². The van der Waals surface area contributed by atoms with Gasteiger partial charge >= 0.3 is 0 Å². The monoisotopic (exact) mass is 550 g/mol. The van der Waals surface area contributed by atoms with E-state index in [2.05, 4.69) is 95.3 Å². The summed E-state index contributed by atoms with van der Waals surface area (Å²) in [4.78, 5) is 0. The van der Waals surface area contributed by atoms with E-state index >= 15 is 0 Å². The molecule has 0 unspecified atom stereocenters. The Bertz CT molecular complexity index is 1120. The fraction of sp³-hybridized carbons (Fsp3) is 0.636. The average molecular weight is 551 g/mol. The summed E-state index contributed by atoms with van der Waals surface area (Å²) in [7, 11) is -0.980. The van der Waals surface area contributed by atoms with Crippen LogP contribution >= 0.6 is 0 Å². The first-order valence-electron chi connectivity index (χ1n) is 14.8. The van der Waals surface area contributed by atoms with Crippen molar-refractivity contribution in [2.45, 2.75) is 89.8 Å². The van der Waals surface area contributed by atoms with Crippen LogP contribution in [0, 0.1) is 16.2 Å². The van der Waals surface area contributed by atoms with E-state index in [1.54, 1.807) is 7.11 Å². The van der Waals surface area contributed by atoms with Crippen molar-refractivity contribution >= 4 is 18.7 Å². The molecule has 0 radical (unpaired) electrons. The van der Waals surface area contributed by atoms with Crippen molar-refractivity contribution in [2.24, 2.45) is 16.2 Å². The van der Waals surface area contributed by atoms with Gasteiger partial charge in [0.1, 0.15) is 6.79 Å². The summed E-state index contributed by atoms with van der Waals surface area (Å²) in [5, 5.41) is 2.59. The van der Waals surface area contributed by atoms with Crippen LogP contribution in [-0.4, -0.2) is 53.4 Å². The van der Waals surface area contributed by atoms with Crippen LogP contribution in [0.15, 0.2) is 60.7 Å². The predicted octanol–water partition coefficient (Wildman–Crippen LogP) is 5.65. The van der Waals surface area contributed by atoms with E-state index in [1.165, 1.54) is 23.2 Å². The van der Waals surface area contributed by atoms with Crippen molar-refractivity contribution in [3.8, 4) is 0 Å². The Morgan fingerprint density at radius 2 is 1.54 bits per heavy atom. The van der Waals surface area contributed by atoms with Gasteiger partial charge in [-0.15, -0.1) is 0 Å². The lowest BCUT2D eigenvalue weighted by atomic mass is 9.35. The maximum Gasteiger partial charge on any atom is 0.261 e. The van der Waals surface area contributed by atoms with Gasteiger partial charge in [0.2, 0.25) is 0 Å². The normalized spacial score (nSPS) is 35.1. The van der Waals surface area contributed by atoms with Crippen molar-refractivity contribution in [3.63, 3.8) is 0 Å². The molecule has 5 aliphatic rings. The van der Waals surface area contributed by atoms with Crippen LogP contribution in [0.2, 0.25) is 5.04 Å². The number of rotatable bonds is 8. The standard InChI is InChI=1S/C33H46O5Si/c1-29(2,3)39(25-15-9-7-10-16-25,26-17-11-8-12-18-26)37-23-32-19-13-14-20-33(32)27(35-24-34-6)21-31(32)22-36-30(4,5)38-28(31)33/h7-12,15-18,27-28H,13-14,19-24H2,1-6H3/t27-,28+,31-,32+,33-/m0/s1. The first kappa shape index (κ1) is 27.6. The number of hydrogen-bond donors (Lipinski definition) is 0. The molecule has 4 aliphatic carbocycles. The highest BCUT2D eigenvalue weighted by atomic mass is 28.4. The summed E-state index contributed by atoms with van der Waals surface area (Å²) < 4.78 is 32.9. The molecule has 2 aromatic rings. The summed E-state index contributed by atoms with van der Waals surface area (Å²) >= 11 is 0. The molecule has 0 aromatic heterocycles. The van der Waals surface area contributed by atoms with E-state index in [9.17, 15) is 0 Å². The summed E-state index contributed by atoms with van der Waals surface area (Å²) in [6.45, 7) is 12.9. The van der Waals surface area contributed by atoms with Gasteiger partial charge < -0.3 is 23.4 Å². The molecular weight excluding hydrogens is 504 g/mol. The summed E-state index contributed by atoms with van der Waals surface area (Å²) in [5.74, 6) is -0.584. The van der Waals surface area contributed by atoms with Crippen molar-refractivity contribution in [3.05, 3.63) is 60.7 Å². The summed E-state index contributed by atoms with van der Waals surface area (Å²) in [6.07, 6.45) is 5.80. The molecule has 0 N–H and O–H groups in total. The van der Waals surface area contributed by atoms with E-state index in [-0.39, 0.29) is 33.5 Å². The lowest BCUT2D eigenvalue weighted by Gasteiger charge is -2.74. The third-order valence-electron chi connectivity index (χ3n) is 10.8. The van der Waals surface area contributed by atoms with Crippen molar-refractivity contribution < 1.29 is 23.4 Å². The Morgan fingerprint density at radius 3 is 2.13 bits per heavy atom. The van der Waals surface area contributed by atoms with Gasteiger partial charge in [-0.3, -0.25) is 0 Å². The number of ether oxygens (including phenoxy) is 4. The molecule has 7 rings (SSSR count). The van der Waals surface area contributed by atoms with E-state index in [4.69, 9.17) is 23.4 Å². The lowest BCUT2D eigenvalue weighted by molar-refractivity contribution is -0.427. The molecule has 5 atom stereocenters. The zero-order valence-corrected chi connectivity index (χ0v) is 25.6. The first-order valence-corrected chi connectivity index (χ1v) is 16.7. The highest BCUT2D eigenvalue weighted by Crippen LogP contribution is 2.84. The van der Waals surface area contributed by atoms with E-state index in [0.717, 1.165) is 19.3 Å². The molecule has 2 bridgehead atoms. The molecular formula is C33H46O5Si. The molecule has 4 saturated carbocycles. The Balaban J connectivity index is 1.46. The van der Waals surface area contributed by atoms with Gasteiger partial charge in [0, 0.05) is 30.0 Å². The average Bonchev–Trinajstić information content (AvgIpc) is 3.34. The Kier molecular flexibility index (Phi) is 6.73. The molecule has 212 valence electrons. The topological polar surface area (TPSA) is 46.2 Å². The summed E-state index contributed by atoms with van der Waals surface area (Å²) in [6, 6.07) is 22.0. The maximum atomic E-state index is 7.70. The van der Waals surface area contributed by atoms with E-state index in [0.29, 0.717) is 20.0 Å². The van der Waals surface area contributed by atoms with E-state index in [1.807, 2.05) is 0 Å². The second-order valence-corrected chi connectivity index (χ2v) is 18.2. The van der Waals surface area contributed by atoms with Gasteiger partial charge in [-0.05, 0) is 48.5 Å². The van der Waals surface area contributed by atoms with Gasteiger partial charge in [0.25, 0.3) is 8.32 Å². The number of hydrogen-bond acceptors (Lipinski definition) is 5. The van der Waals surface area contributed by atoms with Crippen LogP contribution < -0.4 is 10.4 Å². The fourth-order valence-electron chi connectivity index (χ4n) is 9.34. The van der Waals surface area contributed by atoms with Crippen molar-refractivity contribution in [1.82, 2.24) is 0 Å². The Labute approximate surface area is 235 Å². The van der Waals surface area contributed by atoms with Gasteiger partial charge in [0.05, 0.1) is 18.8 Å². The Morgan fingerprint density at radius 1 is 0.923 bits per heavy atom. The van der Waals surface area contributed by atoms with E-state index < -0.39 is 14.1 Å². The quantitative estimate of drug-likeness (QED) is 0.314. The number of fused-ring (bicyclic) bond motifs is 1. The zero-order valence-electron chi connectivity index (χ0n) is 24.6. The van der Waals surface area contributed by atoms with Crippen molar-refractivity contribution in [2.75, 3.05) is 27.1 Å². The highest BCUT2D eigenvalue weighted by molar-refractivity contribution is 6.99. The van der Waals surface area contributed by atoms with Crippen molar-refractivity contribution in [1.29, 1.82) is 0 Å². The molecule has 1 heterocycles.